The summed E-state index contributed by atoms with van der Waals surface area (Å²) in [6.07, 6.45) is -1.43. The predicted octanol–water partition coefficient (Wildman–Crippen LogP) is 1.12. The summed E-state index contributed by atoms with van der Waals surface area (Å²) in [7, 11) is 3.57. The minimum Gasteiger partial charge on any atom is -0.464 e. The van der Waals surface area contributed by atoms with Crippen molar-refractivity contribution in [1.29, 1.82) is 0 Å². The zero-order valence-electron chi connectivity index (χ0n) is 8.97. The van der Waals surface area contributed by atoms with Gasteiger partial charge in [0.1, 0.15) is 0 Å². The summed E-state index contributed by atoms with van der Waals surface area (Å²) in [5, 5.41) is 8.82. The molecule has 0 unspecified atom stereocenters. The number of primary amides is 1. The van der Waals surface area contributed by atoms with Crippen LogP contribution in [-0.2, 0) is 0 Å². The summed E-state index contributed by atoms with van der Waals surface area (Å²) in [6, 6.07) is 6.54. The van der Waals surface area contributed by atoms with Gasteiger partial charge in [-0.25, -0.2) is 9.59 Å². The van der Waals surface area contributed by atoms with Gasteiger partial charge in [-0.2, -0.15) is 4.90 Å². The van der Waals surface area contributed by atoms with Crippen LogP contribution in [-0.4, -0.2) is 31.3 Å². The monoisotopic (exact) mass is 222 g/mol. The molecule has 1 aromatic carbocycles. The van der Waals surface area contributed by atoms with Crippen LogP contribution in [0.3, 0.4) is 0 Å². The number of carboxylic acid groups (broad SMARTS) is 1. The Morgan fingerprint density at radius 2 is 1.88 bits per heavy atom. The van der Waals surface area contributed by atoms with Crippen LogP contribution in [0.5, 0.6) is 0 Å². The molecule has 0 fully saturated rings. The molecular formula is C10H12N3O3. The molecule has 0 heterocycles. The Balaban J connectivity index is 3.15. The quantitative estimate of drug-likeness (QED) is 0.784. The minimum absolute atomic E-state index is 0.103. The Bertz CT molecular complexity index is 404. The highest BCUT2D eigenvalue weighted by Crippen LogP contribution is 2.20. The number of anilines is 2. The van der Waals surface area contributed by atoms with E-state index in [-0.39, 0.29) is 5.69 Å². The van der Waals surface area contributed by atoms with E-state index in [1.807, 2.05) is 0 Å². The fourth-order valence-electron chi connectivity index (χ4n) is 1.15. The first-order valence-corrected chi connectivity index (χ1v) is 4.45. The first-order chi connectivity index (χ1) is 7.43. The lowest BCUT2D eigenvalue weighted by atomic mass is 10.2. The molecular weight excluding hydrogens is 210 g/mol. The Hall–Kier alpha value is -2.24. The van der Waals surface area contributed by atoms with Crippen LogP contribution >= 0.6 is 0 Å². The maximum Gasteiger partial charge on any atom is 0.420 e. The van der Waals surface area contributed by atoms with Crippen LogP contribution in [0.15, 0.2) is 18.2 Å². The standard InChI is InChI=1S/C10H12N3O3/c1-12(2)7-4-3-5-8(6-7)13(9(11)14)10(15)16/h3-5H,1-2H3,(H2,11,14)(H,15,16). The maximum atomic E-state index is 11.0. The number of urea groups is 1. The van der Waals surface area contributed by atoms with E-state index in [0.717, 1.165) is 0 Å². The van der Waals surface area contributed by atoms with Crippen molar-refractivity contribution in [2.45, 2.75) is 0 Å². The molecule has 85 valence electrons. The van der Waals surface area contributed by atoms with Gasteiger partial charge >= 0.3 is 12.1 Å². The van der Waals surface area contributed by atoms with Crippen molar-refractivity contribution in [3.63, 3.8) is 0 Å². The molecule has 1 rings (SSSR count). The van der Waals surface area contributed by atoms with Gasteiger partial charge in [-0.05, 0) is 12.1 Å². The Morgan fingerprint density at radius 3 is 2.31 bits per heavy atom. The van der Waals surface area contributed by atoms with Crippen LogP contribution in [0.2, 0.25) is 0 Å². The van der Waals surface area contributed by atoms with Crippen molar-refractivity contribution in [2.24, 2.45) is 5.73 Å². The van der Waals surface area contributed by atoms with E-state index in [9.17, 15) is 9.59 Å². The SMILES string of the molecule is CN(C)c1[c]c(N(C(N)=O)C(=O)O)ccc1. The molecule has 0 aliphatic carbocycles. The first-order valence-electron chi connectivity index (χ1n) is 4.45. The van der Waals surface area contributed by atoms with E-state index < -0.39 is 12.1 Å². The van der Waals surface area contributed by atoms with E-state index >= 15 is 0 Å². The summed E-state index contributed by atoms with van der Waals surface area (Å²) in [6.45, 7) is 0. The molecule has 0 bridgehead atoms. The molecule has 0 saturated carbocycles. The van der Waals surface area contributed by atoms with Crippen molar-refractivity contribution in [2.75, 3.05) is 23.9 Å². The molecule has 0 aliphatic heterocycles. The molecule has 0 aliphatic rings. The van der Waals surface area contributed by atoms with Gasteiger partial charge in [0.05, 0.1) is 5.69 Å². The molecule has 0 spiro atoms. The summed E-state index contributed by atoms with van der Waals surface area (Å²) in [5.74, 6) is 0. The number of nitrogens with zero attached hydrogens (tertiary/aromatic N) is 2. The second-order valence-electron chi connectivity index (χ2n) is 3.27. The number of nitrogens with two attached hydrogens (primary N) is 1. The largest absolute Gasteiger partial charge is 0.464 e. The molecule has 16 heavy (non-hydrogen) atoms. The van der Waals surface area contributed by atoms with E-state index in [0.29, 0.717) is 10.6 Å². The topological polar surface area (TPSA) is 86.9 Å². The second kappa shape index (κ2) is 4.52. The van der Waals surface area contributed by atoms with Gasteiger partial charge in [0.15, 0.2) is 0 Å². The Kier molecular flexibility index (Phi) is 3.34. The lowest BCUT2D eigenvalue weighted by Crippen LogP contribution is -2.40. The van der Waals surface area contributed by atoms with Crippen molar-refractivity contribution in [1.82, 2.24) is 0 Å². The maximum absolute atomic E-state index is 11.0. The van der Waals surface area contributed by atoms with Gasteiger partial charge in [0.2, 0.25) is 0 Å². The van der Waals surface area contributed by atoms with E-state index in [1.54, 1.807) is 31.1 Å². The highest BCUT2D eigenvalue weighted by Gasteiger charge is 2.20. The van der Waals surface area contributed by atoms with Crippen LogP contribution < -0.4 is 15.5 Å². The van der Waals surface area contributed by atoms with Gasteiger partial charge in [0.25, 0.3) is 0 Å². The highest BCUT2D eigenvalue weighted by molar-refractivity contribution is 6.10. The molecule has 0 aromatic heterocycles. The van der Waals surface area contributed by atoms with Crippen molar-refractivity contribution in [3.05, 3.63) is 24.3 Å². The number of benzene rings is 1. The molecule has 1 radical (unpaired) electrons. The lowest BCUT2D eigenvalue weighted by molar-refractivity contribution is 0.200. The Morgan fingerprint density at radius 1 is 1.31 bits per heavy atom. The average molecular weight is 222 g/mol. The van der Waals surface area contributed by atoms with Gasteiger partial charge in [-0.1, -0.05) is 6.07 Å². The van der Waals surface area contributed by atoms with Gasteiger partial charge in [-0.15, -0.1) is 0 Å². The van der Waals surface area contributed by atoms with Crippen LogP contribution in [0.1, 0.15) is 0 Å². The predicted molar refractivity (Wildman–Crippen MR) is 59.7 cm³/mol. The molecule has 6 heteroatoms. The molecule has 0 saturated heterocycles. The zero-order valence-corrected chi connectivity index (χ0v) is 8.97. The van der Waals surface area contributed by atoms with Crippen molar-refractivity contribution >= 4 is 23.5 Å². The minimum atomic E-state index is -1.43. The number of amides is 3. The van der Waals surface area contributed by atoms with Gasteiger partial charge in [-0.3, -0.25) is 0 Å². The fraction of sp³-hybridized carbons (Fsp3) is 0.200. The third-order valence-corrected chi connectivity index (χ3v) is 1.90. The number of hydrogen-bond acceptors (Lipinski definition) is 3. The van der Waals surface area contributed by atoms with Crippen molar-refractivity contribution < 1.29 is 14.7 Å². The molecule has 1 aromatic rings. The third-order valence-electron chi connectivity index (χ3n) is 1.90. The Labute approximate surface area is 92.9 Å². The first kappa shape index (κ1) is 11.8. The summed E-state index contributed by atoms with van der Waals surface area (Å²) in [5.41, 5.74) is 5.73. The zero-order chi connectivity index (χ0) is 12.3. The fourth-order valence-corrected chi connectivity index (χ4v) is 1.15. The number of rotatable bonds is 2. The summed E-state index contributed by atoms with van der Waals surface area (Å²) >= 11 is 0. The number of carbonyl (C=O) groups excluding carboxylic acids is 1. The molecule has 3 N–H and O–H groups in total. The van der Waals surface area contributed by atoms with Gasteiger partial charge in [0, 0.05) is 25.8 Å². The highest BCUT2D eigenvalue weighted by atomic mass is 16.4. The smallest absolute Gasteiger partial charge is 0.420 e. The normalized spacial score (nSPS) is 9.62. The van der Waals surface area contributed by atoms with Gasteiger partial charge < -0.3 is 15.7 Å². The number of carbonyl (C=O) groups is 2. The molecule has 3 amide bonds. The van der Waals surface area contributed by atoms with E-state index in [4.69, 9.17) is 10.8 Å². The lowest BCUT2D eigenvalue weighted by Gasteiger charge is -2.17. The average Bonchev–Trinajstić information content (AvgIpc) is 2.16. The van der Waals surface area contributed by atoms with E-state index in [1.165, 1.54) is 6.07 Å². The summed E-state index contributed by atoms with van der Waals surface area (Å²) < 4.78 is 0. The molecule has 0 atom stereocenters. The molecule has 6 nitrogen and oxygen atoms in total. The number of hydrogen-bond donors (Lipinski definition) is 2. The van der Waals surface area contributed by atoms with E-state index in [2.05, 4.69) is 6.07 Å². The third kappa shape index (κ3) is 2.41. The number of imide groups is 1. The van der Waals surface area contributed by atoms with Crippen LogP contribution in [0.25, 0.3) is 0 Å². The van der Waals surface area contributed by atoms with Crippen molar-refractivity contribution in [3.8, 4) is 0 Å². The van der Waals surface area contributed by atoms with Crippen LogP contribution in [0.4, 0.5) is 21.0 Å². The van der Waals surface area contributed by atoms with Crippen LogP contribution in [0, 0.1) is 6.07 Å². The summed E-state index contributed by atoms with van der Waals surface area (Å²) in [4.78, 5) is 23.9. The second-order valence-corrected chi connectivity index (χ2v) is 3.27.